The number of hydrogen-bond acceptors (Lipinski definition) is 4. The van der Waals surface area contributed by atoms with E-state index in [0.717, 1.165) is 31.7 Å². The Labute approximate surface area is 194 Å². The van der Waals surface area contributed by atoms with Crippen molar-refractivity contribution in [3.8, 4) is 0 Å². The van der Waals surface area contributed by atoms with Crippen LogP contribution in [0, 0.1) is 11.6 Å². The van der Waals surface area contributed by atoms with Gasteiger partial charge in [-0.2, -0.15) is 0 Å². The largest absolute Gasteiger partial charge is 0.390 e. The van der Waals surface area contributed by atoms with E-state index in [1.807, 2.05) is 0 Å². The van der Waals surface area contributed by atoms with Crippen molar-refractivity contribution >= 4 is 5.91 Å². The number of aliphatic hydroxyl groups is 1. The van der Waals surface area contributed by atoms with Gasteiger partial charge >= 0.3 is 0 Å². The molecule has 7 heteroatoms. The lowest BCUT2D eigenvalue weighted by atomic mass is 9.86. The maximum absolute atomic E-state index is 13.7. The second-order valence-electron chi connectivity index (χ2n) is 8.60. The van der Waals surface area contributed by atoms with Gasteiger partial charge in [0.15, 0.2) is 0 Å². The molecule has 3 rings (SSSR count). The van der Waals surface area contributed by atoms with E-state index in [1.165, 1.54) is 28.8 Å². The molecule has 0 aliphatic heterocycles. The molecule has 3 atom stereocenters. The topological polar surface area (TPSA) is 70.6 Å². The van der Waals surface area contributed by atoms with Gasteiger partial charge in [-0.3, -0.25) is 4.79 Å². The van der Waals surface area contributed by atoms with Crippen LogP contribution >= 0.6 is 0 Å². The monoisotopic (exact) mass is 460 g/mol. The fraction of sp³-hybridized carbons (Fsp3) is 0.500. The van der Waals surface area contributed by atoms with Crippen molar-refractivity contribution in [2.75, 3.05) is 19.8 Å². The van der Waals surface area contributed by atoms with E-state index in [2.05, 4.69) is 35.8 Å². The van der Waals surface area contributed by atoms with Gasteiger partial charge in [-0.05, 0) is 73.4 Å². The van der Waals surface area contributed by atoms with Crippen LogP contribution in [0.15, 0.2) is 36.4 Å². The molecular formula is C26H34F2N2O3. The molecule has 3 N–H and O–H groups in total. The fourth-order valence-corrected chi connectivity index (χ4v) is 4.39. The zero-order valence-electron chi connectivity index (χ0n) is 19.4. The number of aliphatic hydroxyl groups excluding tert-OH is 1. The second kappa shape index (κ2) is 12.2. The highest BCUT2D eigenvalue weighted by Crippen LogP contribution is 2.30. The summed E-state index contributed by atoms with van der Waals surface area (Å²) in [4.78, 5) is 12.3. The van der Waals surface area contributed by atoms with Gasteiger partial charge in [0, 0.05) is 25.3 Å². The van der Waals surface area contributed by atoms with Crippen molar-refractivity contribution in [2.24, 2.45) is 0 Å². The van der Waals surface area contributed by atoms with Crippen LogP contribution in [0.1, 0.15) is 55.0 Å². The summed E-state index contributed by atoms with van der Waals surface area (Å²) >= 11 is 0. The lowest BCUT2D eigenvalue weighted by molar-refractivity contribution is -0.127. The maximum Gasteiger partial charge on any atom is 0.246 e. The van der Waals surface area contributed by atoms with Crippen molar-refractivity contribution in [2.45, 2.75) is 64.1 Å². The van der Waals surface area contributed by atoms with Gasteiger partial charge in [0.1, 0.15) is 18.2 Å². The molecule has 2 aromatic carbocycles. The number of fused-ring (bicyclic) bond motifs is 1. The molecule has 0 saturated heterocycles. The Kier molecular flexibility index (Phi) is 9.35. The first-order chi connectivity index (χ1) is 15.9. The third-order valence-electron chi connectivity index (χ3n) is 6.13. The van der Waals surface area contributed by atoms with Gasteiger partial charge in [-0.25, -0.2) is 8.78 Å². The maximum atomic E-state index is 13.7. The zero-order chi connectivity index (χ0) is 23.8. The fourth-order valence-electron chi connectivity index (χ4n) is 4.39. The standard InChI is InChI=1S/C26H34F2N2O3/c1-3-17-8-9-19-6-5-7-23(22(19)12-17)29-15-25(31)24(30-26(32)16-33-4-2)13-18-10-20(27)14-21(28)11-18/h8-12,14,23-25,29,31H,3-7,13,15-16H2,1-2H3,(H,30,32)/t23-,24+,25+/m0/s1. The Morgan fingerprint density at radius 3 is 2.61 bits per heavy atom. The average molecular weight is 461 g/mol. The minimum Gasteiger partial charge on any atom is -0.390 e. The summed E-state index contributed by atoms with van der Waals surface area (Å²) in [6, 6.07) is 9.21. The second-order valence-corrected chi connectivity index (χ2v) is 8.60. The molecule has 2 aromatic rings. The van der Waals surface area contributed by atoms with Gasteiger partial charge in [0.05, 0.1) is 12.1 Å². The van der Waals surface area contributed by atoms with Crippen molar-refractivity contribution in [1.82, 2.24) is 10.6 Å². The smallest absolute Gasteiger partial charge is 0.246 e. The summed E-state index contributed by atoms with van der Waals surface area (Å²) < 4.78 is 32.5. The van der Waals surface area contributed by atoms with E-state index in [-0.39, 0.29) is 31.5 Å². The predicted octanol–water partition coefficient (Wildman–Crippen LogP) is 3.62. The van der Waals surface area contributed by atoms with E-state index >= 15 is 0 Å². The number of benzene rings is 2. The Bertz CT molecular complexity index is 917. The molecule has 1 aliphatic rings. The Morgan fingerprint density at radius 2 is 1.91 bits per heavy atom. The number of ether oxygens (including phenoxy) is 1. The van der Waals surface area contributed by atoms with Crippen LogP contribution in [-0.2, 0) is 28.8 Å². The SMILES string of the molecule is CCOCC(=O)N[C@H](Cc1cc(F)cc(F)c1)[C@H](O)CN[C@H]1CCCc2ccc(CC)cc21. The van der Waals surface area contributed by atoms with Crippen LogP contribution < -0.4 is 10.6 Å². The average Bonchev–Trinajstić information content (AvgIpc) is 2.79. The molecule has 5 nitrogen and oxygen atoms in total. The van der Waals surface area contributed by atoms with Gasteiger partial charge in [-0.1, -0.05) is 25.1 Å². The van der Waals surface area contributed by atoms with Crippen LogP contribution in [0.3, 0.4) is 0 Å². The minimum atomic E-state index is -0.957. The van der Waals surface area contributed by atoms with Crippen molar-refractivity contribution in [1.29, 1.82) is 0 Å². The molecule has 180 valence electrons. The molecule has 0 aromatic heterocycles. The summed E-state index contributed by atoms with van der Waals surface area (Å²) in [5.74, 6) is -1.77. The van der Waals surface area contributed by atoms with Crippen molar-refractivity contribution in [3.05, 3.63) is 70.3 Å². The number of nitrogens with one attached hydrogen (secondary N) is 2. The van der Waals surface area contributed by atoms with Crippen LogP contribution in [0.5, 0.6) is 0 Å². The van der Waals surface area contributed by atoms with E-state index < -0.39 is 23.8 Å². The molecular weight excluding hydrogens is 426 g/mol. The number of rotatable bonds is 11. The molecule has 33 heavy (non-hydrogen) atoms. The molecule has 0 bridgehead atoms. The number of carbonyl (C=O) groups is 1. The quantitative estimate of drug-likeness (QED) is 0.479. The van der Waals surface area contributed by atoms with E-state index in [1.54, 1.807) is 6.92 Å². The van der Waals surface area contributed by atoms with Gasteiger partial charge in [0.2, 0.25) is 5.91 Å². The molecule has 0 heterocycles. The molecule has 0 saturated carbocycles. The van der Waals surface area contributed by atoms with Gasteiger partial charge < -0.3 is 20.5 Å². The molecule has 1 amide bonds. The zero-order valence-corrected chi connectivity index (χ0v) is 19.4. The number of aryl methyl sites for hydroxylation is 2. The van der Waals surface area contributed by atoms with Crippen LogP contribution in [-0.4, -0.2) is 42.9 Å². The molecule has 1 aliphatic carbocycles. The first-order valence-corrected chi connectivity index (χ1v) is 11.7. The normalized spacial score (nSPS) is 17.3. The molecule has 0 radical (unpaired) electrons. The highest BCUT2D eigenvalue weighted by molar-refractivity contribution is 5.77. The minimum absolute atomic E-state index is 0.0939. The summed E-state index contributed by atoms with van der Waals surface area (Å²) in [5.41, 5.74) is 4.22. The number of hydrogen-bond donors (Lipinski definition) is 3. The van der Waals surface area contributed by atoms with Gasteiger partial charge in [0.25, 0.3) is 0 Å². The number of halogens is 2. The summed E-state index contributed by atoms with van der Waals surface area (Å²) in [6.07, 6.45) is 3.16. The van der Waals surface area contributed by atoms with Crippen LogP contribution in [0.4, 0.5) is 8.78 Å². The molecule has 0 fully saturated rings. The third kappa shape index (κ3) is 7.32. The highest BCUT2D eigenvalue weighted by atomic mass is 19.1. The first kappa shape index (κ1) is 25.3. The van der Waals surface area contributed by atoms with Crippen LogP contribution in [0.2, 0.25) is 0 Å². The number of carbonyl (C=O) groups excluding carboxylic acids is 1. The van der Waals surface area contributed by atoms with Crippen LogP contribution in [0.25, 0.3) is 0 Å². The summed E-state index contributed by atoms with van der Waals surface area (Å²) in [5, 5.41) is 17.2. The molecule has 0 unspecified atom stereocenters. The Hall–Kier alpha value is -2.35. The van der Waals surface area contributed by atoms with Gasteiger partial charge in [-0.15, -0.1) is 0 Å². The Morgan fingerprint density at radius 1 is 1.15 bits per heavy atom. The lowest BCUT2D eigenvalue weighted by Gasteiger charge is -2.30. The van der Waals surface area contributed by atoms with E-state index in [4.69, 9.17) is 4.74 Å². The third-order valence-corrected chi connectivity index (χ3v) is 6.13. The van der Waals surface area contributed by atoms with Crippen molar-refractivity contribution in [3.63, 3.8) is 0 Å². The predicted molar refractivity (Wildman–Crippen MR) is 124 cm³/mol. The van der Waals surface area contributed by atoms with Crippen molar-refractivity contribution < 1.29 is 23.4 Å². The summed E-state index contributed by atoms with van der Waals surface area (Å²) in [7, 11) is 0. The Balaban J connectivity index is 1.70. The number of amides is 1. The first-order valence-electron chi connectivity index (χ1n) is 11.7. The summed E-state index contributed by atoms with van der Waals surface area (Å²) in [6.45, 7) is 4.39. The lowest BCUT2D eigenvalue weighted by Crippen LogP contribution is -2.50. The highest BCUT2D eigenvalue weighted by Gasteiger charge is 2.25. The van der Waals surface area contributed by atoms with E-state index in [9.17, 15) is 18.7 Å². The van der Waals surface area contributed by atoms with E-state index in [0.29, 0.717) is 12.2 Å². The molecule has 0 spiro atoms.